The molecule has 0 bridgehead atoms. The van der Waals surface area contributed by atoms with Crippen molar-refractivity contribution in [1.82, 2.24) is 0 Å². The van der Waals surface area contributed by atoms with Crippen LogP contribution in [0, 0.1) is 5.82 Å². The number of hydrogen-bond acceptors (Lipinski definition) is 5. The van der Waals surface area contributed by atoms with Crippen LogP contribution in [0.1, 0.15) is 10.4 Å². The molecule has 0 saturated heterocycles. The molecule has 0 saturated carbocycles. The van der Waals surface area contributed by atoms with Crippen molar-refractivity contribution in [2.24, 2.45) is 0 Å². The highest BCUT2D eigenvalue weighted by molar-refractivity contribution is 6.59. The summed E-state index contributed by atoms with van der Waals surface area (Å²) in [6, 6.07) is 8.47. The van der Waals surface area contributed by atoms with Gasteiger partial charge in [-0.3, -0.25) is 0 Å². The fourth-order valence-corrected chi connectivity index (χ4v) is 2.08. The van der Waals surface area contributed by atoms with Crippen LogP contribution in [0.15, 0.2) is 36.4 Å². The molecule has 0 aliphatic rings. The van der Waals surface area contributed by atoms with Gasteiger partial charge in [0.15, 0.2) is 0 Å². The van der Waals surface area contributed by atoms with Crippen LogP contribution in [0.4, 0.5) is 4.39 Å². The van der Waals surface area contributed by atoms with Crippen molar-refractivity contribution in [3.63, 3.8) is 0 Å². The molecule has 22 heavy (non-hydrogen) atoms. The molecule has 2 N–H and O–H groups in total. The quantitative estimate of drug-likeness (QED) is 0.650. The van der Waals surface area contributed by atoms with Crippen LogP contribution >= 0.6 is 0 Å². The van der Waals surface area contributed by atoms with Crippen LogP contribution in [0.2, 0.25) is 0 Å². The third-order valence-corrected chi connectivity index (χ3v) is 3.21. The Bertz CT molecular complexity index is 685. The van der Waals surface area contributed by atoms with Gasteiger partial charge >= 0.3 is 13.1 Å². The molecule has 0 spiro atoms. The summed E-state index contributed by atoms with van der Waals surface area (Å²) >= 11 is 0. The lowest BCUT2D eigenvalue weighted by Gasteiger charge is -2.12. The molecule has 5 nitrogen and oxygen atoms in total. The van der Waals surface area contributed by atoms with E-state index >= 15 is 0 Å². The van der Waals surface area contributed by atoms with Gasteiger partial charge in [-0.05, 0) is 23.8 Å². The Kier molecular flexibility index (Phi) is 4.80. The molecule has 114 valence electrons. The van der Waals surface area contributed by atoms with E-state index in [2.05, 4.69) is 4.74 Å². The predicted octanol–water partition coefficient (Wildman–Crippen LogP) is 0.968. The molecule has 2 rings (SSSR count). The van der Waals surface area contributed by atoms with Crippen LogP contribution in [0.25, 0.3) is 11.1 Å². The van der Waals surface area contributed by atoms with Gasteiger partial charge in [-0.15, -0.1) is 0 Å². The molecule has 0 unspecified atom stereocenters. The number of benzene rings is 2. The first kappa shape index (κ1) is 16.0. The second kappa shape index (κ2) is 6.59. The molecule has 0 aromatic heterocycles. The monoisotopic (exact) mass is 304 g/mol. The van der Waals surface area contributed by atoms with Gasteiger partial charge in [-0.1, -0.05) is 12.1 Å². The van der Waals surface area contributed by atoms with Crippen molar-refractivity contribution in [2.45, 2.75) is 0 Å². The maximum atomic E-state index is 14.2. The third kappa shape index (κ3) is 3.10. The van der Waals surface area contributed by atoms with E-state index in [0.717, 1.165) is 6.07 Å². The number of halogens is 1. The molecule has 2 aromatic carbocycles. The topological polar surface area (TPSA) is 76.0 Å². The second-order valence-electron chi connectivity index (χ2n) is 4.52. The van der Waals surface area contributed by atoms with E-state index in [1.165, 1.54) is 32.4 Å². The number of ether oxygens (including phenoxy) is 2. The first-order chi connectivity index (χ1) is 10.5. The number of rotatable bonds is 4. The molecule has 0 heterocycles. The van der Waals surface area contributed by atoms with E-state index in [0.29, 0.717) is 11.1 Å². The SMILES string of the molecule is COC(=O)c1ccc(-c2cc(B(O)O)c(OC)cc2F)cc1. The molecule has 0 amide bonds. The van der Waals surface area contributed by atoms with E-state index < -0.39 is 18.9 Å². The number of carbonyl (C=O) groups excluding carboxylic acids is 1. The van der Waals surface area contributed by atoms with Crippen LogP contribution in [-0.2, 0) is 4.74 Å². The minimum absolute atomic E-state index is 0.0439. The number of hydrogen-bond donors (Lipinski definition) is 2. The van der Waals surface area contributed by atoms with Crippen LogP contribution in [0.5, 0.6) is 5.75 Å². The van der Waals surface area contributed by atoms with Gasteiger partial charge < -0.3 is 19.5 Å². The van der Waals surface area contributed by atoms with Crippen LogP contribution in [0.3, 0.4) is 0 Å². The van der Waals surface area contributed by atoms with Gasteiger partial charge in [0.05, 0.1) is 19.8 Å². The average Bonchev–Trinajstić information content (AvgIpc) is 2.53. The van der Waals surface area contributed by atoms with Crippen LogP contribution < -0.4 is 10.2 Å². The summed E-state index contributed by atoms with van der Waals surface area (Å²) < 4.78 is 23.7. The molecule has 0 fully saturated rings. The zero-order chi connectivity index (χ0) is 16.3. The standard InChI is InChI=1S/C15H14BFO5/c1-21-14-8-13(17)11(7-12(14)16(19)20)9-3-5-10(6-4-9)15(18)22-2/h3-8,19-20H,1-2H3. The summed E-state index contributed by atoms with van der Waals surface area (Å²) in [5.41, 5.74) is 1.04. The minimum Gasteiger partial charge on any atom is -0.497 e. The lowest BCUT2D eigenvalue weighted by Crippen LogP contribution is -2.31. The van der Waals surface area contributed by atoms with Gasteiger partial charge in [-0.25, -0.2) is 9.18 Å². The third-order valence-electron chi connectivity index (χ3n) is 3.21. The van der Waals surface area contributed by atoms with Crippen molar-refractivity contribution >= 4 is 18.6 Å². The maximum Gasteiger partial charge on any atom is 0.492 e. The molecule has 0 atom stereocenters. The maximum absolute atomic E-state index is 14.2. The van der Waals surface area contributed by atoms with Gasteiger partial charge in [0.2, 0.25) is 0 Å². The van der Waals surface area contributed by atoms with E-state index in [4.69, 9.17) is 4.74 Å². The van der Waals surface area contributed by atoms with Gasteiger partial charge in [0, 0.05) is 17.1 Å². The van der Waals surface area contributed by atoms with Gasteiger partial charge in [0.1, 0.15) is 11.6 Å². The summed E-state index contributed by atoms with van der Waals surface area (Å²) in [5.74, 6) is -1.03. The first-order valence-electron chi connectivity index (χ1n) is 6.40. The largest absolute Gasteiger partial charge is 0.497 e. The molecule has 0 aliphatic carbocycles. The predicted molar refractivity (Wildman–Crippen MR) is 79.6 cm³/mol. The fourth-order valence-electron chi connectivity index (χ4n) is 2.08. The number of methoxy groups -OCH3 is 2. The number of esters is 1. The highest BCUT2D eigenvalue weighted by atomic mass is 19.1. The Morgan fingerprint density at radius 3 is 2.27 bits per heavy atom. The van der Waals surface area contributed by atoms with Crippen molar-refractivity contribution in [3.8, 4) is 16.9 Å². The van der Waals surface area contributed by atoms with Crippen molar-refractivity contribution in [3.05, 3.63) is 47.8 Å². The summed E-state index contributed by atoms with van der Waals surface area (Å²) in [6.07, 6.45) is 0. The van der Waals surface area contributed by atoms with Gasteiger partial charge in [-0.2, -0.15) is 0 Å². The summed E-state index contributed by atoms with van der Waals surface area (Å²) in [7, 11) is 0.795. The van der Waals surface area contributed by atoms with E-state index in [9.17, 15) is 19.2 Å². The Hall–Kier alpha value is -2.38. The summed E-state index contributed by atoms with van der Waals surface area (Å²) in [4.78, 5) is 11.4. The zero-order valence-electron chi connectivity index (χ0n) is 12.0. The van der Waals surface area contributed by atoms with Crippen molar-refractivity contribution < 1.29 is 28.7 Å². The highest BCUT2D eigenvalue weighted by Gasteiger charge is 2.21. The first-order valence-corrected chi connectivity index (χ1v) is 6.40. The average molecular weight is 304 g/mol. The second-order valence-corrected chi connectivity index (χ2v) is 4.52. The lowest BCUT2D eigenvalue weighted by atomic mass is 9.78. The number of carbonyl (C=O) groups is 1. The van der Waals surface area contributed by atoms with Gasteiger partial charge in [0.25, 0.3) is 0 Å². The Labute approximate surface area is 127 Å². The lowest BCUT2D eigenvalue weighted by molar-refractivity contribution is 0.0600. The van der Waals surface area contributed by atoms with Crippen molar-refractivity contribution in [1.29, 1.82) is 0 Å². The smallest absolute Gasteiger partial charge is 0.492 e. The normalized spacial score (nSPS) is 10.2. The van der Waals surface area contributed by atoms with E-state index in [1.54, 1.807) is 12.1 Å². The molecular weight excluding hydrogens is 290 g/mol. The molecule has 0 aliphatic heterocycles. The summed E-state index contributed by atoms with van der Waals surface area (Å²) in [5, 5.41) is 18.7. The highest BCUT2D eigenvalue weighted by Crippen LogP contribution is 2.25. The van der Waals surface area contributed by atoms with Crippen molar-refractivity contribution in [2.75, 3.05) is 14.2 Å². The molecule has 7 heteroatoms. The molecular formula is C15H14BFO5. The Morgan fingerprint density at radius 1 is 1.14 bits per heavy atom. The Balaban J connectivity index is 2.48. The fraction of sp³-hybridized carbons (Fsp3) is 0.133. The summed E-state index contributed by atoms with van der Waals surface area (Å²) in [6.45, 7) is 0. The molecule has 0 radical (unpaired) electrons. The zero-order valence-corrected chi connectivity index (χ0v) is 12.0. The Morgan fingerprint density at radius 2 is 1.77 bits per heavy atom. The van der Waals surface area contributed by atoms with E-state index in [1.807, 2.05) is 0 Å². The van der Waals surface area contributed by atoms with Crippen LogP contribution in [-0.4, -0.2) is 37.4 Å². The minimum atomic E-state index is -1.79. The van der Waals surface area contributed by atoms with E-state index in [-0.39, 0.29) is 16.8 Å². The molecule has 2 aromatic rings.